The van der Waals surface area contributed by atoms with E-state index in [4.69, 9.17) is 4.74 Å². The Morgan fingerprint density at radius 2 is 1.89 bits per heavy atom. The summed E-state index contributed by atoms with van der Waals surface area (Å²) in [5.74, 6) is 1.14. The Kier molecular flexibility index (Phi) is 5.78. The molecular formula is C20H26N4O3. The molecule has 1 N–H and O–H groups in total. The Balaban J connectivity index is 1.66. The maximum absolute atomic E-state index is 12.7. The first kappa shape index (κ1) is 18.9. The topological polar surface area (TPSA) is 76.5 Å². The molecule has 2 aromatic rings. The number of carbonyl (C=O) groups excluding carboxylic acids is 2. The SMILES string of the molecule is COc1ccc(NC(=O)c2cn(C)nc2CC2CCN(C(C)=O)CC2)cc1. The largest absolute Gasteiger partial charge is 0.497 e. The Hall–Kier alpha value is -2.83. The second-order valence-corrected chi connectivity index (χ2v) is 7.00. The minimum Gasteiger partial charge on any atom is -0.497 e. The average Bonchev–Trinajstić information content (AvgIpc) is 3.03. The summed E-state index contributed by atoms with van der Waals surface area (Å²) in [4.78, 5) is 26.1. The summed E-state index contributed by atoms with van der Waals surface area (Å²) in [7, 11) is 3.43. The molecule has 0 radical (unpaired) electrons. The molecule has 2 amide bonds. The molecule has 27 heavy (non-hydrogen) atoms. The zero-order valence-electron chi connectivity index (χ0n) is 16.1. The van der Waals surface area contributed by atoms with Gasteiger partial charge in [-0.25, -0.2) is 0 Å². The minimum atomic E-state index is -0.163. The third kappa shape index (κ3) is 4.67. The van der Waals surface area contributed by atoms with Crippen molar-refractivity contribution >= 4 is 17.5 Å². The third-order valence-electron chi connectivity index (χ3n) is 5.04. The lowest BCUT2D eigenvalue weighted by atomic mass is 9.91. The first-order valence-corrected chi connectivity index (χ1v) is 9.19. The number of aromatic nitrogens is 2. The molecule has 0 spiro atoms. The molecular weight excluding hydrogens is 344 g/mol. The van der Waals surface area contributed by atoms with Crippen molar-refractivity contribution in [3.8, 4) is 5.75 Å². The van der Waals surface area contributed by atoms with Crippen molar-refractivity contribution in [1.29, 1.82) is 0 Å². The summed E-state index contributed by atoms with van der Waals surface area (Å²) < 4.78 is 6.82. The molecule has 1 saturated heterocycles. The van der Waals surface area contributed by atoms with Crippen molar-refractivity contribution in [3.05, 3.63) is 41.7 Å². The van der Waals surface area contributed by atoms with Gasteiger partial charge in [0.2, 0.25) is 5.91 Å². The lowest BCUT2D eigenvalue weighted by Gasteiger charge is -2.31. The van der Waals surface area contributed by atoms with Gasteiger partial charge in [0.1, 0.15) is 5.75 Å². The second-order valence-electron chi connectivity index (χ2n) is 7.00. The molecule has 1 aliphatic heterocycles. The summed E-state index contributed by atoms with van der Waals surface area (Å²) in [5.41, 5.74) is 2.12. The second kappa shape index (κ2) is 8.24. The van der Waals surface area contributed by atoms with E-state index in [1.165, 1.54) is 0 Å². The van der Waals surface area contributed by atoms with E-state index in [1.54, 1.807) is 24.9 Å². The van der Waals surface area contributed by atoms with Gasteiger partial charge in [0.05, 0.1) is 18.4 Å². The normalized spacial score (nSPS) is 14.9. The molecule has 7 nitrogen and oxygen atoms in total. The monoisotopic (exact) mass is 370 g/mol. The first-order chi connectivity index (χ1) is 13.0. The van der Waals surface area contributed by atoms with Crippen molar-refractivity contribution in [3.63, 3.8) is 0 Å². The predicted octanol–water partition coefficient (Wildman–Crippen LogP) is 2.48. The van der Waals surface area contributed by atoms with Crippen LogP contribution >= 0.6 is 0 Å². The highest BCUT2D eigenvalue weighted by molar-refractivity contribution is 6.04. The van der Waals surface area contributed by atoms with Crippen LogP contribution in [0.25, 0.3) is 0 Å². The molecule has 0 aliphatic carbocycles. The van der Waals surface area contributed by atoms with Crippen LogP contribution in [0.4, 0.5) is 5.69 Å². The van der Waals surface area contributed by atoms with Crippen LogP contribution in [0.15, 0.2) is 30.5 Å². The highest BCUT2D eigenvalue weighted by atomic mass is 16.5. The van der Waals surface area contributed by atoms with Gasteiger partial charge in [-0.05, 0) is 49.4 Å². The number of rotatable bonds is 5. The van der Waals surface area contributed by atoms with Crippen molar-refractivity contribution in [2.24, 2.45) is 13.0 Å². The van der Waals surface area contributed by atoms with Gasteiger partial charge in [-0.1, -0.05) is 0 Å². The number of nitrogens with zero attached hydrogens (tertiary/aromatic N) is 3. The summed E-state index contributed by atoms with van der Waals surface area (Å²) in [6.07, 6.45) is 4.39. The van der Waals surface area contributed by atoms with Crippen LogP contribution in [0.2, 0.25) is 0 Å². The molecule has 2 heterocycles. The number of methoxy groups -OCH3 is 1. The highest BCUT2D eigenvalue weighted by Crippen LogP contribution is 2.23. The van der Waals surface area contributed by atoms with Crippen LogP contribution in [-0.2, 0) is 18.3 Å². The summed E-state index contributed by atoms with van der Waals surface area (Å²) >= 11 is 0. The Bertz CT molecular complexity index is 805. The van der Waals surface area contributed by atoms with E-state index in [0.717, 1.165) is 43.8 Å². The van der Waals surface area contributed by atoms with Gasteiger partial charge in [0.15, 0.2) is 0 Å². The van der Waals surface area contributed by atoms with Gasteiger partial charge in [-0.15, -0.1) is 0 Å². The molecule has 1 aliphatic rings. The van der Waals surface area contributed by atoms with Gasteiger partial charge in [-0.2, -0.15) is 5.10 Å². The average molecular weight is 370 g/mol. The first-order valence-electron chi connectivity index (χ1n) is 9.19. The summed E-state index contributed by atoms with van der Waals surface area (Å²) in [5, 5.41) is 7.43. The van der Waals surface area contributed by atoms with E-state index < -0.39 is 0 Å². The quantitative estimate of drug-likeness (QED) is 0.877. The third-order valence-corrected chi connectivity index (χ3v) is 5.04. The van der Waals surface area contributed by atoms with Crippen LogP contribution < -0.4 is 10.1 Å². The van der Waals surface area contributed by atoms with Gasteiger partial charge in [-0.3, -0.25) is 14.3 Å². The number of benzene rings is 1. The number of likely N-dealkylation sites (tertiary alicyclic amines) is 1. The minimum absolute atomic E-state index is 0.130. The Morgan fingerprint density at radius 3 is 2.48 bits per heavy atom. The maximum Gasteiger partial charge on any atom is 0.259 e. The summed E-state index contributed by atoms with van der Waals surface area (Å²) in [6, 6.07) is 7.24. The van der Waals surface area contributed by atoms with Gasteiger partial charge < -0.3 is 15.0 Å². The van der Waals surface area contributed by atoms with Crippen molar-refractivity contribution in [1.82, 2.24) is 14.7 Å². The number of hydrogen-bond donors (Lipinski definition) is 1. The zero-order chi connectivity index (χ0) is 19.4. The highest BCUT2D eigenvalue weighted by Gasteiger charge is 2.24. The van der Waals surface area contributed by atoms with Gasteiger partial charge in [0, 0.05) is 38.9 Å². The molecule has 1 fully saturated rings. The number of anilines is 1. The molecule has 0 atom stereocenters. The fourth-order valence-corrected chi connectivity index (χ4v) is 3.47. The molecule has 144 valence electrons. The van der Waals surface area contributed by atoms with E-state index in [2.05, 4.69) is 10.4 Å². The zero-order valence-corrected chi connectivity index (χ0v) is 16.1. The number of piperidine rings is 1. The number of aryl methyl sites for hydroxylation is 1. The van der Waals surface area contributed by atoms with Gasteiger partial charge >= 0.3 is 0 Å². The van der Waals surface area contributed by atoms with E-state index in [0.29, 0.717) is 17.2 Å². The molecule has 3 rings (SSSR count). The van der Waals surface area contributed by atoms with E-state index >= 15 is 0 Å². The van der Waals surface area contributed by atoms with Crippen molar-refractivity contribution in [2.75, 3.05) is 25.5 Å². The molecule has 7 heteroatoms. The molecule has 0 unspecified atom stereocenters. The summed E-state index contributed by atoms with van der Waals surface area (Å²) in [6.45, 7) is 3.17. The van der Waals surface area contributed by atoms with E-state index in [-0.39, 0.29) is 11.8 Å². The predicted molar refractivity (Wildman–Crippen MR) is 103 cm³/mol. The molecule has 0 bridgehead atoms. The Labute approximate surface area is 159 Å². The van der Waals surface area contributed by atoms with Crippen LogP contribution in [-0.4, -0.2) is 46.7 Å². The van der Waals surface area contributed by atoms with Gasteiger partial charge in [0.25, 0.3) is 5.91 Å². The fraction of sp³-hybridized carbons (Fsp3) is 0.450. The number of nitrogens with one attached hydrogen (secondary N) is 1. The van der Waals surface area contributed by atoms with Crippen LogP contribution in [0.3, 0.4) is 0 Å². The van der Waals surface area contributed by atoms with Crippen LogP contribution in [0.1, 0.15) is 35.8 Å². The molecule has 1 aromatic heterocycles. The number of ether oxygens (including phenoxy) is 1. The van der Waals surface area contributed by atoms with Crippen LogP contribution in [0.5, 0.6) is 5.75 Å². The van der Waals surface area contributed by atoms with E-state index in [1.807, 2.05) is 36.2 Å². The fourth-order valence-electron chi connectivity index (χ4n) is 3.47. The molecule has 1 aromatic carbocycles. The standard InChI is InChI=1S/C20H26N4O3/c1-14(25)24-10-8-15(9-11-24)12-19-18(13-23(2)22-19)20(26)21-16-4-6-17(27-3)7-5-16/h4-7,13,15H,8-12H2,1-3H3,(H,21,26). The smallest absolute Gasteiger partial charge is 0.259 e. The van der Waals surface area contributed by atoms with Crippen molar-refractivity contribution in [2.45, 2.75) is 26.2 Å². The van der Waals surface area contributed by atoms with Crippen molar-refractivity contribution < 1.29 is 14.3 Å². The number of hydrogen-bond acceptors (Lipinski definition) is 4. The number of carbonyl (C=O) groups is 2. The molecule has 0 saturated carbocycles. The van der Waals surface area contributed by atoms with Crippen LogP contribution in [0, 0.1) is 5.92 Å². The maximum atomic E-state index is 12.7. The Morgan fingerprint density at radius 1 is 1.22 bits per heavy atom. The lowest BCUT2D eigenvalue weighted by molar-refractivity contribution is -0.130. The number of amides is 2. The van der Waals surface area contributed by atoms with E-state index in [9.17, 15) is 9.59 Å². The lowest BCUT2D eigenvalue weighted by Crippen LogP contribution is -2.37.